The van der Waals surface area contributed by atoms with Gasteiger partial charge < -0.3 is 10.6 Å². The number of benzene rings is 1. The van der Waals surface area contributed by atoms with Crippen molar-refractivity contribution in [2.24, 2.45) is 7.05 Å². The van der Waals surface area contributed by atoms with E-state index in [0.717, 1.165) is 62.9 Å². The fourth-order valence-corrected chi connectivity index (χ4v) is 4.30. The lowest BCUT2D eigenvalue weighted by atomic mass is 9.89. The Morgan fingerprint density at radius 1 is 1.12 bits per heavy atom. The number of piperidine rings is 2. The van der Waals surface area contributed by atoms with E-state index < -0.39 is 0 Å². The Kier molecular flexibility index (Phi) is 4.18. The molecule has 24 heavy (non-hydrogen) atoms. The standard InChI is InChI=1S/C18H25FN4O/c1-22-17-15(23(18(22)24)13-3-2-8-21-11-13)5-4-14(16(17)19)12-6-9-20-10-7-12/h4-5,12-13,20-21H,2-3,6-11H2,1H3. The van der Waals surface area contributed by atoms with Crippen LogP contribution in [0.4, 0.5) is 4.39 Å². The zero-order valence-corrected chi connectivity index (χ0v) is 14.1. The molecule has 2 aliphatic heterocycles. The predicted molar refractivity (Wildman–Crippen MR) is 93.1 cm³/mol. The third kappa shape index (κ3) is 2.48. The fourth-order valence-electron chi connectivity index (χ4n) is 4.30. The zero-order chi connectivity index (χ0) is 16.7. The minimum absolute atomic E-state index is 0.110. The molecule has 5 nitrogen and oxygen atoms in total. The average Bonchev–Trinajstić information content (AvgIpc) is 2.88. The number of aryl methyl sites for hydroxylation is 1. The lowest BCUT2D eigenvalue weighted by molar-refractivity contribution is 0.369. The van der Waals surface area contributed by atoms with Gasteiger partial charge in [0, 0.05) is 13.6 Å². The summed E-state index contributed by atoms with van der Waals surface area (Å²) in [5, 5.41) is 6.66. The van der Waals surface area contributed by atoms with E-state index in [-0.39, 0.29) is 23.5 Å². The van der Waals surface area contributed by atoms with Crippen LogP contribution in [0, 0.1) is 5.82 Å². The highest BCUT2D eigenvalue weighted by molar-refractivity contribution is 5.78. The first kappa shape index (κ1) is 15.8. The number of fused-ring (bicyclic) bond motifs is 1. The van der Waals surface area contributed by atoms with Gasteiger partial charge in [-0.2, -0.15) is 0 Å². The van der Waals surface area contributed by atoms with E-state index in [1.165, 1.54) is 4.57 Å². The topological polar surface area (TPSA) is 51.0 Å². The van der Waals surface area contributed by atoms with Gasteiger partial charge in [-0.1, -0.05) is 6.07 Å². The van der Waals surface area contributed by atoms with Crippen LogP contribution in [0.1, 0.15) is 43.2 Å². The molecule has 1 unspecified atom stereocenters. The molecule has 0 saturated carbocycles. The number of rotatable bonds is 2. The first-order chi connectivity index (χ1) is 11.7. The molecule has 0 spiro atoms. The molecule has 1 atom stereocenters. The fraction of sp³-hybridized carbons (Fsp3) is 0.611. The number of nitrogens with one attached hydrogen (secondary N) is 2. The van der Waals surface area contributed by atoms with Crippen LogP contribution in [-0.2, 0) is 7.05 Å². The van der Waals surface area contributed by atoms with E-state index in [2.05, 4.69) is 10.6 Å². The van der Waals surface area contributed by atoms with E-state index in [4.69, 9.17) is 0 Å². The van der Waals surface area contributed by atoms with Gasteiger partial charge in [0.25, 0.3) is 0 Å². The molecule has 130 valence electrons. The smallest absolute Gasteiger partial charge is 0.317 e. The minimum atomic E-state index is -0.207. The van der Waals surface area contributed by atoms with Crippen molar-refractivity contribution >= 4 is 11.0 Å². The van der Waals surface area contributed by atoms with Crippen molar-refractivity contribution in [1.82, 2.24) is 19.8 Å². The summed E-state index contributed by atoms with van der Waals surface area (Å²) in [7, 11) is 1.69. The lowest BCUT2D eigenvalue weighted by Gasteiger charge is -2.25. The van der Waals surface area contributed by atoms with Crippen LogP contribution in [0.15, 0.2) is 16.9 Å². The maximum atomic E-state index is 15.3. The molecule has 2 saturated heterocycles. The van der Waals surface area contributed by atoms with Crippen LogP contribution in [0.5, 0.6) is 0 Å². The Labute approximate surface area is 140 Å². The normalized spacial score (nSPS) is 23.0. The van der Waals surface area contributed by atoms with Crippen molar-refractivity contribution in [3.63, 3.8) is 0 Å². The van der Waals surface area contributed by atoms with Crippen LogP contribution in [0.25, 0.3) is 11.0 Å². The number of imidazole rings is 1. The molecular weight excluding hydrogens is 307 g/mol. The summed E-state index contributed by atoms with van der Waals surface area (Å²) >= 11 is 0. The second kappa shape index (κ2) is 6.33. The monoisotopic (exact) mass is 332 g/mol. The summed E-state index contributed by atoms with van der Waals surface area (Å²) in [6, 6.07) is 3.96. The number of halogens is 1. The molecule has 0 amide bonds. The van der Waals surface area contributed by atoms with Crippen molar-refractivity contribution in [2.45, 2.75) is 37.6 Å². The van der Waals surface area contributed by atoms with Gasteiger partial charge in [-0.25, -0.2) is 9.18 Å². The molecule has 2 N–H and O–H groups in total. The lowest BCUT2D eigenvalue weighted by Crippen LogP contribution is -2.36. The van der Waals surface area contributed by atoms with E-state index >= 15 is 4.39 Å². The Bertz CT molecular complexity index is 797. The van der Waals surface area contributed by atoms with Crippen molar-refractivity contribution in [2.75, 3.05) is 26.2 Å². The number of hydrogen-bond donors (Lipinski definition) is 2. The SMILES string of the molecule is Cn1c(=O)n(C2CCCNC2)c2ccc(C3CCNCC3)c(F)c21. The number of hydrogen-bond acceptors (Lipinski definition) is 3. The van der Waals surface area contributed by atoms with Crippen LogP contribution in [-0.4, -0.2) is 35.3 Å². The van der Waals surface area contributed by atoms with E-state index in [0.29, 0.717) is 5.52 Å². The summed E-state index contributed by atoms with van der Waals surface area (Å²) in [5.74, 6) is 0.0342. The Morgan fingerprint density at radius 3 is 2.62 bits per heavy atom. The van der Waals surface area contributed by atoms with E-state index in [9.17, 15) is 4.79 Å². The van der Waals surface area contributed by atoms with Gasteiger partial charge in [-0.3, -0.25) is 9.13 Å². The Hall–Kier alpha value is -1.66. The van der Waals surface area contributed by atoms with Crippen molar-refractivity contribution in [3.05, 3.63) is 34.0 Å². The maximum Gasteiger partial charge on any atom is 0.329 e. The van der Waals surface area contributed by atoms with Crippen LogP contribution in [0.3, 0.4) is 0 Å². The molecule has 1 aromatic carbocycles. The molecular formula is C18H25FN4O. The maximum absolute atomic E-state index is 15.3. The van der Waals surface area contributed by atoms with Gasteiger partial charge in [-0.15, -0.1) is 0 Å². The van der Waals surface area contributed by atoms with Crippen LogP contribution >= 0.6 is 0 Å². The molecule has 0 aliphatic carbocycles. The first-order valence-electron chi connectivity index (χ1n) is 8.99. The van der Waals surface area contributed by atoms with Crippen molar-refractivity contribution in [1.29, 1.82) is 0 Å². The largest absolute Gasteiger partial charge is 0.329 e. The highest BCUT2D eigenvalue weighted by atomic mass is 19.1. The quantitative estimate of drug-likeness (QED) is 0.883. The molecule has 1 aromatic heterocycles. The Morgan fingerprint density at radius 2 is 1.92 bits per heavy atom. The zero-order valence-electron chi connectivity index (χ0n) is 14.1. The van der Waals surface area contributed by atoms with Gasteiger partial charge in [0.05, 0.1) is 11.6 Å². The highest BCUT2D eigenvalue weighted by Crippen LogP contribution is 2.32. The Balaban J connectivity index is 1.84. The molecule has 2 aromatic rings. The molecule has 6 heteroatoms. The third-order valence-electron chi connectivity index (χ3n) is 5.63. The minimum Gasteiger partial charge on any atom is -0.317 e. The van der Waals surface area contributed by atoms with Gasteiger partial charge >= 0.3 is 5.69 Å². The molecule has 2 fully saturated rings. The van der Waals surface area contributed by atoms with Crippen LogP contribution in [0.2, 0.25) is 0 Å². The summed E-state index contributed by atoms with van der Waals surface area (Å²) in [5.41, 5.74) is 1.84. The second-order valence-electron chi connectivity index (χ2n) is 7.07. The molecule has 4 rings (SSSR count). The predicted octanol–water partition coefficient (Wildman–Crippen LogP) is 1.87. The van der Waals surface area contributed by atoms with Gasteiger partial charge in [-0.05, 0) is 62.9 Å². The molecule has 2 aliphatic rings. The van der Waals surface area contributed by atoms with E-state index in [1.807, 2.05) is 12.1 Å². The van der Waals surface area contributed by atoms with Gasteiger partial charge in [0.15, 0.2) is 5.82 Å². The summed E-state index contributed by atoms with van der Waals surface area (Å²) in [6.45, 7) is 3.62. The molecule has 0 radical (unpaired) electrons. The van der Waals surface area contributed by atoms with Gasteiger partial charge in [0.1, 0.15) is 5.52 Å². The van der Waals surface area contributed by atoms with Crippen molar-refractivity contribution < 1.29 is 4.39 Å². The number of aromatic nitrogens is 2. The van der Waals surface area contributed by atoms with Crippen LogP contribution < -0.4 is 16.3 Å². The number of nitrogens with zero attached hydrogens (tertiary/aromatic N) is 2. The summed E-state index contributed by atoms with van der Waals surface area (Å²) in [6.07, 6.45) is 3.90. The highest BCUT2D eigenvalue weighted by Gasteiger charge is 2.26. The van der Waals surface area contributed by atoms with Crippen molar-refractivity contribution in [3.8, 4) is 0 Å². The first-order valence-corrected chi connectivity index (χ1v) is 8.99. The third-order valence-corrected chi connectivity index (χ3v) is 5.63. The van der Waals surface area contributed by atoms with Gasteiger partial charge in [0.2, 0.25) is 0 Å². The molecule has 3 heterocycles. The van der Waals surface area contributed by atoms with E-state index in [1.54, 1.807) is 11.6 Å². The second-order valence-corrected chi connectivity index (χ2v) is 7.07. The average molecular weight is 332 g/mol. The molecule has 0 bridgehead atoms. The summed E-state index contributed by atoms with van der Waals surface area (Å²) in [4.78, 5) is 12.7. The summed E-state index contributed by atoms with van der Waals surface area (Å²) < 4.78 is 18.5.